The highest BCUT2D eigenvalue weighted by atomic mass is 32.2. The van der Waals surface area contributed by atoms with Gasteiger partial charge in [-0.1, -0.05) is 84.0 Å². The summed E-state index contributed by atoms with van der Waals surface area (Å²) in [4.78, 5) is 11.6. The SMILES string of the molecule is CCCCCCCCCCCCCCC(C(=O)OCCO)S(=O)(=O)O. The molecule has 1 unspecified atom stereocenters. The predicted octanol–water partition coefficient (Wildman–Crippen LogP) is 3.87. The molecule has 6 nitrogen and oxygen atoms in total. The van der Waals surface area contributed by atoms with Gasteiger partial charge in [-0.05, 0) is 6.42 Å². The zero-order valence-electron chi connectivity index (χ0n) is 15.6. The van der Waals surface area contributed by atoms with E-state index in [1.807, 2.05) is 0 Å². The first kappa shape index (κ1) is 24.3. The normalized spacial score (nSPS) is 12.9. The fourth-order valence-electron chi connectivity index (χ4n) is 2.80. The number of aliphatic hydroxyl groups is 1. The quantitative estimate of drug-likeness (QED) is 0.226. The van der Waals surface area contributed by atoms with E-state index >= 15 is 0 Å². The highest BCUT2D eigenvalue weighted by Crippen LogP contribution is 2.15. The number of ether oxygens (including phenoxy) is 1. The Morgan fingerprint density at radius 1 is 0.880 bits per heavy atom. The van der Waals surface area contributed by atoms with Crippen LogP contribution in [-0.2, 0) is 19.6 Å². The molecular weight excluding hydrogens is 344 g/mol. The Kier molecular flexibility index (Phi) is 15.2. The van der Waals surface area contributed by atoms with Crippen molar-refractivity contribution < 1.29 is 27.6 Å². The van der Waals surface area contributed by atoms with Crippen LogP contribution in [0.3, 0.4) is 0 Å². The van der Waals surface area contributed by atoms with Crippen LogP contribution in [0.4, 0.5) is 0 Å². The molecule has 2 N–H and O–H groups in total. The highest BCUT2D eigenvalue weighted by molar-refractivity contribution is 7.87. The lowest BCUT2D eigenvalue weighted by Gasteiger charge is -2.12. The van der Waals surface area contributed by atoms with Gasteiger partial charge in [0.15, 0.2) is 5.25 Å². The Hall–Kier alpha value is -0.660. The number of unbranched alkanes of at least 4 members (excludes halogenated alkanes) is 11. The number of hydrogen-bond acceptors (Lipinski definition) is 5. The first-order chi connectivity index (χ1) is 11.9. The average Bonchev–Trinajstić information content (AvgIpc) is 2.55. The van der Waals surface area contributed by atoms with E-state index in [0.717, 1.165) is 19.3 Å². The third-order valence-corrected chi connectivity index (χ3v) is 5.43. The molecule has 0 aromatic carbocycles. The molecule has 0 amide bonds. The summed E-state index contributed by atoms with van der Waals surface area (Å²) in [5.41, 5.74) is 0. The molecule has 25 heavy (non-hydrogen) atoms. The van der Waals surface area contributed by atoms with E-state index in [0.29, 0.717) is 6.42 Å². The van der Waals surface area contributed by atoms with Crippen LogP contribution in [0.2, 0.25) is 0 Å². The number of esters is 1. The maximum absolute atomic E-state index is 11.6. The minimum absolute atomic E-state index is 0.0561. The number of rotatable bonds is 17. The Morgan fingerprint density at radius 3 is 1.72 bits per heavy atom. The zero-order chi connectivity index (χ0) is 19.0. The molecule has 150 valence electrons. The summed E-state index contributed by atoms with van der Waals surface area (Å²) >= 11 is 0. The van der Waals surface area contributed by atoms with Crippen LogP contribution in [0.1, 0.15) is 90.4 Å². The van der Waals surface area contributed by atoms with Crippen molar-refractivity contribution >= 4 is 16.1 Å². The fraction of sp³-hybridized carbons (Fsp3) is 0.944. The van der Waals surface area contributed by atoms with E-state index in [-0.39, 0.29) is 19.6 Å². The summed E-state index contributed by atoms with van der Waals surface area (Å²) in [7, 11) is -4.47. The molecule has 0 fully saturated rings. The molecule has 0 saturated heterocycles. The predicted molar refractivity (Wildman–Crippen MR) is 99.1 cm³/mol. The third-order valence-electron chi connectivity index (χ3n) is 4.28. The number of carbonyl (C=O) groups excluding carboxylic acids is 1. The van der Waals surface area contributed by atoms with Crippen LogP contribution in [0, 0.1) is 0 Å². The van der Waals surface area contributed by atoms with Gasteiger partial charge in [0, 0.05) is 0 Å². The second-order valence-electron chi connectivity index (χ2n) is 6.57. The summed E-state index contributed by atoms with van der Waals surface area (Å²) < 4.78 is 36.3. The van der Waals surface area contributed by atoms with Crippen molar-refractivity contribution in [2.24, 2.45) is 0 Å². The molecule has 7 heteroatoms. The zero-order valence-corrected chi connectivity index (χ0v) is 16.4. The minimum Gasteiger partial charge on any atom is -0.462 e. The van der Waals surface area contributed by atoms with Gasteiger partial charge in [-0.25, -0.2) is 0 Å². The molecule has 0 aromatic heterocycles. The van der Waals surface area contributed by atoms with Crippen molar-refractivity contribution in [3.63, 3.8) is 0 Å². The van der Waals surface area contributed by atoms with Gasteiger partial charge < -0.3 is 9.84 Å². The summed E-state index contributed by atoms with van der Waals surface area (Å²) in [5, 5.41) is 7.06. The van der Waals surface area contributed by atoms with Gasteiger partial charge in [-0.3, -0.25) is 9.35 Å². The van der Waals surface area contributed by atoms with Crippen LogP contribution in [-0.4, -0.2) is 42.5 Å². The van der Waals surface area contributed by atoms with Crippen LogP contribution < -0.4 is 0 Å². The maximum atomic E-state index is 11.6. The van der Waals surface area contributed by atoms with Crippen LogP contribution in [0.25, 0.3) is 0 Å². The Morgan fingerprint density at radius 2 is 1.32 bits per heavy atom. The molecule has 0 aliphatic heterocycles. The Bertz CT molecular complexity index is 421. The Balaban J connectivity index is 3.70. The second kappa shape index (κ2) is 15.6. The molecule has 0 rings (SSSR count). The van der Waals surface area contributed by atoms with E-state index in [9.17, 15) is 13.2 Å². The van der Waals surface area contributed by atoms with Crippen LogP contribution in [0.15, 0.2) is 0 Å². The molecule has 0 saturated carbocycles. The van der Waals surface area contributed by atoms with Crippen molar-refractivity contribution in [3.05, 3.63) is 0 Å². The third kappa shape index (κ3) is 14.2. The van der Waals surface area contributed by atoms with Crippen LogP contribution >= 0.6 is 0 Å². The standard InChI is InChI=1S/C18H36O6S/c1-2-3-4-5-6-7-8-9-10-11-12-13-14-17(25(21,22)23)18(20)24-16-15-19/h17,19H,2-16H2,1H3,(H,21,22,23). The lowest BCUT2D eigenvalue weighted by atomic mass is 10.0. The largest absolute Gasteiger partial charge is 0.462 e. The molecule has 0 aromatic rings. The monoisotopic (exact) mass is 380 g/mol. The van der Waals surface area contributed by atoms with Crippen molar-refractivity contribution in [2.75, 3.05) is 13.2 Å². The van der Waals surface area contributed by atoms with Gasteiger partial charge in [0.05, 0.1) is 6.61 Å². The first-order valence-corrected chi connectivity index (χ1v) is 11.2. The summed E-state index contributed by atoms with van der Waals surface area (Å²) in [6, 6.07) is 0. The topological polar surface area (TPSA) is 101 Å². The van der Waals surface area contributed by atoms with Crippen molar-refractivity contribution in [1.29, 1.82) is 0 Å². The summed E-state index contributed by atoms with van der Waals surface area (Å²) in [6.07, 6.45) is 13.9. The van der Waals surface area contributed by atoms with Gasteiger partial charge in [0.2, 0.25) is 0 Å². The van der Waals surface area contributed by atoms with Crippen LogP contribution in [0.5, 0.6) is 0 Å². The first-order valence-electron chi connectivity index (χ1n) is 9.67. The van der Waals surface area contributed by atoms with Crippen molar-refractivity contribution in [3.8, 4) is 0 Å². The van der Waals surface area contributed by atoms with E-state index in [1.54, 1.807) is 0 Å². The Labute approximate surface area is 153 Å². The lowest BCUT2D eigenvalue weighted by molar-refractivity contribution is -0.144. The number of aliphatic hydroxyl groups excluding tert-OH is 1. The van der Waals surface area contributed by atoms with E-state index in [2.05, 4.69) is 11.7 Å². The summed E-state index contributed by atoms with van der Waals surface area (Å²) in [5.74, 6) is -0.986. The number of carbonyl (C=O) groups is 1. The fourth-order valence-corrected chi connectivity index (χ4v) is 3.57. The molecule has 0 spiro atoms. The van der Waals surface area contributed by atoms with Gasteiger partial charge in [0.1, 0.15) is 6.61 Å². The van der Waals surface area contributed by atoms with E-state index in [4.69, 9.17) is 9.66 Å². The van der Waals surface area contributed by atoms with Crippen molar-refractivity contribution in [1.82, 2.24) is 0 Å². The molecule has 0 aliphatic rings. The number of hydrogen-bond donors (Lipinski definition) is 2. The lowest BCUT2D eigenvalue weighted by Crippen LogP contribution is -2.32. The van der Waals surface area contributed by atoms with Gasteiger partial charge in [-0.2, -0.15) is 8.42 Å². The highest BCUT2D eigenvalue weighted by Gasteiger charge is 2.31. The van der Waals surface area contributed by atoms with E-state index in [1.165, 1.54) is 51.4 Å². The second-order valence-corrected chi connectivity index (χ2v) is 8.17. The minimum atomic E-state index is -4.47. The molecular formula is C18H36O6S. The van der Waals surface area contributed by atoms with E-state index < -0.39 is 21.3 Å². The molecule has 0 aliphatic carbocycles. The smallest absolute Gasteiger partial charge is 0.326 e. The van der Waals surface area contributed by atoms with Crippen molar-refractivity contribution in [2.45, 2.75) is 95.6 Å². The average molecular weight is 381 g/mol. The molecule has 0 radical (unpaired) electrons. The maximum Gasteiger partial charge on any atom is 0.326 e. The molecule has 0 bridgehead atoms. The molecule has 1 atom stereocenters. The van der Waals surface area contributed by atoms with Gasteiger partial charge in [0.25, 0.3) is 10.1 Å². The van der Waals surface area contributed by atoms with Gasteiger partial charge >= 0.3 is 5.97 Å². The summed E-state index contributed by atoms with van der Waals surface area (Å²) in [6.45, 7) is 1.59. The molecule has 0 heterocycles. The van der Waals surface area contributed by atoms with Gasteiger partial charge in [-0.15, -0.1) is 0 Å².